The number of aliphatic hydroxyl groups is 1. The second-order valence-corrected chi connectivity index (χ2v) is 16.9. The number of aliphatic hydroxyl groups excluding tert-OH is 1. The van der Waals surface area contributed by atoms with Gasteiger partial charge in [-0.05, 0) is 81.8 Å². The molecule has 1 N–H and O–H groups in total. The lowest BCUT2D eigenvalue weighted by Crippen LogP contribution is -2.21. The molecule has 0 rings (SSSR count). The third-order valence-electron chi connectivity index (χ3n) is 11.0. The molecule has 0 aromatic rings. The van der Waals surface area contributed by atoms with E-state index < -0.39 is 0 Å². The maximum atomic E-state index is 10.4. The highest BCUT2D eigenvalue weighted by Crippen LogP contribution is 2.20. The van der Waals surface area contributed by atoms with E-state index in [9.17, 15) is 9.59 Å². The summed E-state index contributed by atoms with van der Waals surface area (Å²) in [6.45, 7) is 28.8. The zero-order chi connectivity index (χ0) is 51.1. The summed E-state index contributed by atoms with van der Waals surface area (Å²) in [5.74, 6) is 1.18. The molecule has 0 heterocycles. The number of nitrogens with zero attached hydrogens (tertiary/aromatic N) is 1. The molecule has 0 aromatic heterocycles. The third kappa shape index (κ3) is 97.8. The Bertz CT molecular complexity index is 723. The molecular formula is C58H124INO5. The van der Waals surface area contributed by atoms with Crippen molar-refractivity contribution in [3.63, 3.8) is 0 Å². The Balaban J connectivity index is -0.000000112. The van der Waals surface area contributed by atoms with Crippen LogP contribution in [-0.2, 0) is 19.1 Å². The monoisotopic (exact) mass is 1040 g/mol. The van der Waals surface area contributed by atoms with Gasteiger partial charge in [-0.3, -0.25) is 9.59 Å². The van der Waals surface area contributed by atoms with Crippen molar-refractivity contribution in [2.45, 2.75) is 294 Å². The molecule has 0 saturated carbocycles. The first kappa shape index (κ1) is 81.1. The van der Waals surface area contributed by atoms with Crippen molar-refractivity contribution in [2.24, 2.45) is 11.8 Å². The van der Waals surface area contributed by atoms with E-state index in [0.717, 1.165) is 19.4 Å². The lowest BCUT2D eigenvalue weighted by molar-refractivity contribution is -0.130. The van der Waals surface area contributed by atoms with Crippen molar-refractivity contribution in [3.8, 4) is 12.8 Å². The van der Waals surface area contributed by atoms with Crippen LogP contribution < -0.4 is 0 Å². The first-order valence-corrected chi connectivity index (χ1v) is 30.2. The zero-order valence-corrected chi connectivity index (χ0v) is 49.1. The summed E-state index contributed by atoms with van der Waals surface area (Å²) >= 11 is 2.15. The van der Waals surface area contributed by atoms with Crippen LogP contribution in [0.3, 0.4) is 0 Å². The summed E-state index contributed by atoms with van der Waals surface area (Å²) in [7, 11) is 2.17. The maximum absolute atomic E-state index is 10.4. The molecule has 2 atom stereocenters. The van der Waals surface area contributed by atoms with E-state index in [2.05, 4.69) is 95.9 Å². The molecule has 7 heteroatoms. The number of carbonyl (C=O) groups is 2. The number of hydrogen-bond donors (Lipinski definition) is 1. The second-order valence-electron chi connectivity index (χ2n) is 16.9. The van der Waals surface area contributed by atoms with Gasteiger partial charge in [0.2, 0.25) is 0 Å². The largest absolute Gasteiger partial charge is 0.468 e. The fourth-order valence-corrected chi connectivity index (χ4v) is 7.06. The Kier molecular flexibility index (Phi) is 116. The van der Waals surface area contributed by atoms with Crippen LogP contribution in [-0.4, -0.2) is 67.8 Å². The number of terminal acetylenes is 1. The average Bonchev–Trinajstić information content (AvgIpc) is 3.35. The first-order chi connectivity index (χ1) is 31.9. The topological polar surface area (TPSA) is 76.1 Å². The number of unbranched alkanes of at least 4 members (excludes halogenated alkanes) is 23. The highest BCUT2D eigenvalue weighted by Gasteiger charge is 2.10. The second kappa shape index (κ2) is 93.2. The Hall–Kier alpha value is -0.850. The maximum Gasteiger partial charge on any atom is 0.293 e. The minimum atomic E-state index is 0.337. The van der Waals surface area contributed by atoms with Crippen LogP contribution in [0.1, 0.15) is 294 Å². The van der Waals surface area contributed by atoms with Gasteiger partial charge in [0.15, 0.2) is 0 Å². The highest BCUT2D eigenvalue weighted by molar-refractivity contribution is 14.1. The van der Waals surface area contributed by atoms with Crippen molar-refractivity contribution < 1.29 is 24.2 Å². The third-order valence-corrected chi connectivity index (χ3v) is 11.0. The minimum Gasteiger partial charge on any atom is -0.468 e. The molecule has 0 aliphatic heterocycles. The van der Waals surface area contributed by atoms with Gasteiger partial charge in [0.05, 0.1) is 13.2 Å². The highest BCUT2D eigenvalue weighted by atomic mass is 127. The van der Waals surface area contributed by atoms with Crippen LogP contribution in [0, 0.1) is 24.7 Å². The standard InChI is InChI=1S/C18H36O2.C17H34O2.C11H25NO.C5H12.2C2H6.C2H2.CH3I/c1-3-5-7-9-11-13-15-18(16-20-17-19)14-12-10-8-6-4-2;1-3-5-7-9-10-12-14-17(15-19-16-18)13-11-8-6-4-2;1-3-4-5-6-9-12(2)10-7-8-11-13;1-3-5-4-2;4*1-2/h17-18H,3-16H2,1-2H3;16-17H,3-15H2,1-2H3;13H,3-11H2,1-2H3;3-5H2,1-2H3;2*1-2H3;1-2H;1H3. The van der Waals surface area contributed by atoms with Gasteiger partial charge in [-0.2, -0.15) is 0 Å². The average molecular weight is 1040 g/mol. The molecule has 65 heavy (non-hydrogen) atoms. The summed E-state index contributed by atoms with van der Waals surface area (Å²) in [5, 5.41) is 8.61. The molecule has 6 nitrogen and oxygen atoms in total. The molecule has 0 aliphatic carbocycles. The molecule has 0 fully saturated rings. The molecular weight excluding hydrogens is 918 g/mol. The molecule has 398 valence electrons. The van der Waals surface area contributed by atoms with Gasteiger partial charge < -0.3 is 19.5 Å². The number of hydrogen-bond acceptors (Lipinski definition) is 6. The van der Waals surface area contributed by atoms with Crippen molar-refractivity contribution in [2.75, 3.05) is 44.9 Å². The van der Waals surface area contributed by atoms with E-state index in [-0.39, 0.29) is 0 Å². The van der Waals surface area contributed by atoms with Gasteiger partial charge in [0.25, 0.3) is 12.9 Å². The van der Waals surface area contributed by atoms with Crippen molar-refractivity contribution in [1.29, 1.82) is 0 Å². The van der Waals surface area contributed by atoms with E-state index in [1.54, 1.807) is 0 Å². The molecule has 0 amide bonds. The summed E-state index contributed by atoms with van der Waals surface area (Å²) in [6.07, 6.45) is 52.4. The number of alkyl halides is 1. The van der Waals surface area contributed by atoms with Gasteiger partial charge in [-0.15, -0.1) is 12.8 Å². The Morgan fingerprint density at radius 3 is 0.892 bits per heavy atom. The Labute approximate surface area is 426 Å². The molecule has 0 radical (unpaired) electrons. The normalized spacial score (nSPS) is 10.6. The Morgan fingerprint density at radius 2 is 0.646 bits per heavy atom. The fraction of sp³-hybridized carbons (Fsp3) is 0.931. The number of ether oxygens (including phenoxy) is 2. The summed E-state index contributed by atoms with van der Waals surface area (Å²) in [6, 6.07) is 0. The molecule has 0 bridgehead atoms. The molecule has 0 aliphatic rings. The van der Waals surface area contributed by atoms with E-state index in [0.29, 0.717) is 44.6 Å². The number of rotatable bonds is 42. The van der Waals surface area contributed by atoms with Gasteiger partial charge in [-0.25, -0.2) is 0 Å². The summed E-state index contributed by atoms with van der Waals surface area (Å²) in [4.78, 5) is 25.0. The van der Waals surface area contributed by atoms with Crippen molar-refractivity contribution in [3.05, 3.63) is 0 Å². The van der Waals surface area contributed by atoms with Crippen LogP contribution in [0.4, 0.5) is 0 Å². The SMILES string of the molecule is C#C.CC.CC.CCCCC.CCCCCCCCC(CCCCCC)COC=O.CCCCCCCCC(CCCCCCC)COC=O.CCCCCCN(C)CCCCO.CI. The van der Waals surface area contributed by atoms with Gasteiger partial charge >= 0.3 is 0 Å². The van der Waals surface area contributed by atoms with E-state index in [1.165, 1.54) is 212 Å². The van der Waals surface area contributed by atoms with Crippen LogP contribution in [0.15, 0.2) is 0 Å². The number of carbonyl (C=O) groups excluding carboxylic acids is 2. The lowest BCUT2D eigenvalue weighted by Gasteiger charge is -2.15. The lowest BCUT2D eigenvalue weighted by atomic mass is 9.95. The van der Waals surface area contributed by atoms with Crippen LogP contribution >= 0.6 is 22.6 Å². The summed E-state index contributed by atoms with van der Waals surface area (Å²) in [5.41, 5.74) is 0. The Morgan fingerprint density at radius 1 is 0.415 bits per heavy atom. The quantitative estimate of drug-likeness (QED) is 0.0216. The van der Waals surface area contributed by atoms with Crippen LogP contribution in [0.2, 0.25) is 0 Å². The molecule has 0 spiro atoms. The van der Waals surface area contributed by atoms with Gasteiger partial charge in [-0.1, -0.05) is 272 Å². The van der Waals surface area contributed by atoms with Gasteiger partial charge in [0.1, 0.15) is 0 Å². The first-order valence-electron chi connectivity index (χ1n) is 28.0. The van der Waals surface area contributed by atoms with E-state index in [1.807, 2.05) is 32.6 Å². The smallest absolute Gasteiger partial charge is 0.293 e. The van der Waals surface area contributed by atoms with E-state index in [4.69, 9.17) is 14.6 Å². The van der Waals surface area contributed by atoms with Gasteiger partial charge in [0, 0.05) is 6.61 Å². The molecule has 0 saturated heterocycles. The van der Waals surface area contributed by atoms with Crippen molar-refractivity contribution >= 4 is 35.5 Å². The minimum absolute atomic E-state index is 0.337. The predicted molar refractivity (Wildman–Crippen MR) is 305 cm³/mol. The molecule has 2 unspecified atom stereocenters. The summed E-state index contributed by atoms with van der Waals surface area (Å²) < 4.78 is 9.96. The van der Waals surface area contributed by atoms with Crippen LogP contribution in [0.25, 0.3) is 0 Å². The van der Waals surface area contributed by atoms with Crippen LogP contribution in [0.5, 0.6) is 0 Å². The number of halogens is 1. The molecule has 0 aromatic carbocycles. The van der Waals surface area contributed by atoms with E-state index >= 15 is 0 Å². The van der Waals surface area contributed by atoms with Crippen molar-refractivity contribution in [1.82, 2.24) is 4.90 Å². The predicted octanol–water partition coefficient (Wildman–Crippen LogP) is 19.2. The zero-order valence-electron chi connectivity index (χ0n) is 46.9. The fourth-order valence-electron chi connectivity index (χ4n) is 7.06.